The molecule has 0 aliphatic heterocycles. The maximum atomic E-state index is 12.0. The number of nitrogens with zero attached hydrogens (tertiary/aromatic N) is 2. The Hall–Kier alpha value is -3.12. The molecule has 0 atom stereocenters. The van der Waals surface area contributed by atoms with Gasteiger partial charge in [0.1, 0.15) is 5.75 Å². The van der Waals surface area contributed by atoms with E-state index in [-0.39, 0.29) is 12.5 Å². The van der Waals surface area contributed by atoms with Crippen molar-refractivity contribution in [1.82, 2.24) is 9.99 Å². The summed E-state index contributed by atoms with van der Waals surface area (Å²) in [5.74, 6) is 0.305. The number of hydrogen-bond acceptors (Lipinski definition) is 3. The molecule has 5 nitrogen and oxygen atoms in total. The molecule has 1 aromatic heterocycles. The number of carbonyl (C=O) groups is 1. The third-order valence-electron chi connectivity index (χ3n) is 4.96. The third kappa shape index (κ3) is 4.09. The van der Waals surface area contributed by atoms with E-state index in [1.807, 2.05) is 31.2 Å². The van der Waals surface area contributed by atoms with E-state index >= 15 is 0 Å². The van der Waals surface area contributed by atoms with Gasteiger partial charge in [-0.25, -0.2) is 5.43 Å². The van der Waals surface area contributed by atoms with Gasteiger partial charge in [-0.1, -0.05) is 30.3 Å². The zero-order valence-corrected chi connectivity index (χ0v) is 18.4. The molecule has 6 heteroatoms. The average Bonchev–Trinajstić information content (AvgIpc) is 3.06. The molecule has 0 unspecified atom stereocenters. The van der Waals surface area contributed by atoms with Crippen molar-refractivity contribution in [3.63, 3.8) is 0 Å². The minimum Gasteiger partial charge on any atom is -0.483 e. The predicted octanol–water partition coefficient (Wildman–Crippen LogP) is 5.41. The Kier molecular flexibility index (Phi) is 5.86. The Balaban J connectivity index is 1.45. The van der Waals surface area contributed by atoms with Crippen molar-refractivity contribution in [3.05, 3.63) is 76.3 Å². The third-order valence-corrected chi connectivity index (χ3v) is 5.58. The summed E-state index contributed by atoms with van der Waals surface area (Å²) in [6.07, 6.45) is 1.65. The number of fused-ring (bicyclic) bond motifs is 3. The summed E-state index contributed by atoms with van der Waals surface area (Å²) in [7, 11) is 0. The molecule has 0 saturated carbocycles. The number of rotatable bonds is 6. The fourth-order valence-corrected chi connectivity index (χ4v) is 4.18. The number of hydrazone groups is 1. The van der Waals surface area contributed by atoms with Crippen LogP contribution >= 0.6 is 15.9 Å². The smallest absolute Gasteiger partial charge is 0.277 e. The molecule has 1 amide bonds. The van der Waals surface area contributed by atoms with Crippen LogP contribution in [-0.2, 0) is 11.3 Å². The van der Waals surface area contributed by atoms with E-state index in [1.54, 1.807) is 6.21 Å². The minimum atomic E-state index is -0.317. The number of ether oxygens (including phenoxy) is 1. The van der Waals surface area contributed by atoms with Crippen LogP contribution in [0.2, 0.25) is 0 Å². The molecule has 4 aromatic rings. The first-order valence-electron chi connectivity index (χ1n) is 9.78. The van der Waals surface area contributed by atoms with Crippen LogP contribution in [0, 0.1) is 6.92 Å². The monoisotopic (exact) mass is 463 g/mol. The molecule has 0 radical (unpaired) electrons. The van der Waals surface area contributed by atoms with E-state index in [0.29, 0.717) is 5.75 Å². The molecule has 0 fully saturated rings. The van der Waals surface area contributed by atoms with Gasteiger partial charge in [0.05, 0.1) is 10.7 Å². The fourth-order valence-electron chi connectivity index (χ4n) is 3.57. The first-order valence-corrected chi connectivity index (χ1v) is 10.6. The van der Waals surface area contributed by atoms with Gasteiger partial charge in [0, 0.05) is 28.4 Å². The van der Waals surface area contributed by atoms with Gasteiger partial charge in [-0.05, 0) is 71.2 Å². The Morgan fingerprint density at radius 1 is 1.10 bits per heavy atom. The summed E-state index contributed by atoms with van der Waals surface area (Å²) >= 11 is 3.44. The lowest BCUT2D eigenvalue weighted by atomic mass is 10.1. The largest absolute Gasteiger partial charge is 0.483 e. The Morgan fingerprint density at radius 2 is 1.90 bits per heavy atom. The van der Waals surface area contributed by atoms with Gasteiger partial charge in [-0.15, -0.1) is 0 Å². The molecule has 1 N–H and O–H groups in total. The van der Waals surface area contributed by atoms with Crippen LogP contribution in [0.15, 0.2) is 70.2 Å². The number of aromatic nitrogens is 1. The SMILES string of the molecule is CCn1c2ccccc2c2cc(/C=N/NC(=O)COc3ccc(C)cc3Br)ccc21. The normalized spacial score (nSPS) is 11.4. The molecule has 30 heavy (non-hydrogen) atoms. The maximum Gasteiger partial charge on any atom is 0.277 e. The highest BCUT2D eigenvalue weighted by atomic mass is 79.9. The number of carbonyl (C=O) groups excluding carboxylic acids is 1. The molecule has 0 aliphatic rings. The Morgan fingerprint density at radius 3 is 2.70 bits per heavy atom. The maximum absolute atomic E-state index is 12.0. The molecule has 0 spiro atoms. The van der Waals surface area contributed by atoms with Crippen molar-refractivity contribution < 1.29 is 9.53 Å². The van der Waals surface area contributed by atoms with E-state index < -0.39 is 0 Å². The number of benzene rings is 3. The van der Waals surface area contributed by atoms with Crippen LogP contribution in [0.5, 0.6) is 5.75 Å². The molecule has 0 bridgehead atoms. The van der Waals surface area contributed by atoms with Crippen molar-refractivity contribution >= 4 is 49.9 Å². The first-order chi connectivity index (χ1) is 14.6. The summed E-state index contributed by atoms with van der Waals surface area (Å²) in [5, 5.41) is 6.47. The van der Waals surface area contributed by atoms with E-state index in [2.05, 4.69) is 74.3 Å². The number of hydrogen-bond donors (Lipinski definition) is 1. The summed E-state index contributed by atoms with van der Waals surface area (Å²) in [4.78, 5) is 12.0. The van der Waals surface area contributed by atoms with Crippen LogP contribution in [0.4, 0.5) is 0 Å². The zero-order valence-electron chi connectivity index (χ0n) is 16.9. The second kappa shape index (κ2) is 8.71. The van der Waals surface area contributed by atoms with E-state index in [1.165, 1.54) is 21.8 Å². The van der Waals surface area contributed by atoms with E-state index in [9.17, 15) is 4.79 Å². The lowest BCUT2D eigenvalue weighted by molar-refractivity contribution is -0.123. The zero-order chi connectivity index (χ0) is 21.1. The van der Waals surface area contributed by atoms with Gasteiger partial charge >= 0.3 is 0 Å². The first kappa shape index (κ1) is 20.2. The van der Waals surface area contributed by atoms with Gasteiger partial charge in [0.25, 0.3) is 5.91 Å². The predicted molar refractivity (Wildman–Crippen MR) is 125 cm³/mol. The topological polar surface area (TPSA) is 55.6 Å². The molecule has 4 rings (SSSR count). The molecular weight excluding hydrogens is 442 g/mol. The van der Waals surface area contributed by atoms with Crippen molar-refractivity contribution in [1.29, 1.82) is 0 Å². The number of amides is 1. The summed E-state index contributed by atoms with van der Waals surface area (Å²) in [5.41, 5.74) is 6.96. The Labute approximate surface area is 183 Å². The lowest BCUT2D eigenvalue weighted by Gasteiger charge is -2.07. The summed E-state index contributed by atoms with van der Waals surface area (Å²) < 4.78 is 8.66. The van der Waals surface area contributed by atoms with Gasteiger partial charge in [0.2, 0.25) is 0 Å². The quantitative estimate of drug-likeness (QED) is 0.306. The second-order valence-electron chi connectivity index (χ2n) is 7.05. The van der Waals surface area contributed by atoms with E-state index in [0.717, 1.165) is 22.1 Å². The van der Waals surface area contributed by atoms with Gasteiger partial charge in [-0.3, -0.25) is 4.79 Å². The second-order valence-corrected chi connectivity index (χ2v) is 7.91. The highest BCUT2D eigenvalue weighted by Gasteiger charge is 2.09. The molecule has 152 valence electrons. The van der Waals surface area contributed by atoms with E-state index in [4.69, 9.17) is 4.74 Å². The van der Waals surface area contributed by atoms with Gasteiger partial charge < -0.3 is 9.30 Å². The van der Waals surface area contributed by atoms with Crippen molar-refractivity contribution in [2.45, 2.75) is 20.4 Å². The van der Waals surface area contributed by atoms with Crippen LogP contribution in [0.25, 0.3) is 21.8 Å². The number of nitrogens with one attached hydrogen (secondary N) is 1. The standard InChI is InChI=1S/C24H22BrN3O2/c1-3-28-21-7-5-4-6-18(21)19-13-17(9-10-22(19)28)14-26-27-24(29)15-30-23-11-8-16(2)12-20(23)25/h4-14H,3,15H2,1-2H3,(H,27,29)/b26-14+. The number of halogens is 1. The Bertz CT molecular complexity index is 1260. The van der Waals surface area contributed by atoms with Crippen molar-refractivity contribution in [3.8, 4) is 5.75 Å². The molecule has 1 heterocycles. The van der Waals surface area contributed by atoms with Crippen molar-refractivity contribution in [2.24, 2.45) is 5.10 Å². The van der Waals surface area contributed by atoms with Crippen LogP contribution in [-0.4, -0.2) is 23.3 Å². The molecule has 0 saturated heterocycles. The number of para-hydroxylation sites is 1. The molecular formula is C24H22BrN3O2. The van der Waals surface area contributed by atoms with Crippen molar-refractivity contribution in [2.75, 3.05) is 6.61 Å². The lowest BCUT2D eigenvalue weighted by Crippen LogP contribution is -2.24. The number of aryl methyl sites for hydroxylation is 2. The highest BCUT2D eigenvalue weighted by molar-refractivity contribution is 9.10. The fraction of sp³-hybridized carbons (Fsp3) is 0.167. The minimum absolute atomic E-state index is 0.109. The molecule has 3 aromatic carbocycles. The average molecular weight is 464 g/mol. The van der Waals surface area contributed by atoms with Crippen LogP contribution in [0.1, 0.15) is 18.1 Å². The van der Waals surface area contributed by atoms with Gasteiger partial charge in [-0.2, -0.15) is 5.10 Å². The van der Waals surface area contributed by atoms with Crippen LogP contribution < -0.4 is 10.2 Å². The van der Waals surface area contributed by atoms with Crippen LogP contribution in [0.3, 0.4) is 0 Å². The molecule has 0 aliphatic carbocycles. The summed E-state index contributed by atoms with van der Waals surface area (Å²) in [6.45, 7) is 4.94. The highest BCUT2D eigenvalue weighted by Crippen LogP contribution is 2.29. The summed E-state index contributed by atoms with van der Waals surface area (Å²) in [6, 6.07) is 20.3. The van der Waals surface area contributed by atoms with Gasteiger partial charge in [0.15, 0.2) is 6.61 Å².